The van der Waals surface area contributed by atoms with Crippen molar-refractivity contribution in [1.29, 1.82) is 0 Å². The highest BCUT2D eigenvalue weighted by atomic mass is 16.5. The maximum Gasteiger partial charge on any atom is 0.305 e. The average Bonchev–Trinajstić information content (AvgIpc) is 3.43. The van der Waals surface area contributed by atoms with E-state index in [9.17, 15) is 19.8 Å². The van der Waals surface area contributed by atoms with Gasteiger partial charge in [0.05, 0.1) is 25.4 Å². The third kappa shape index (κ3) is 62.9. The maximum atomic E-state index is 12.5. The zero-order valence-electron chi connectivity index (χ0n) is 51.7. The van der Waals surface area contributed by atoms with E-state index in [0.29, 0.717) is 19.4 Å². The first-order valence-electron chi connectivity index (χ1n) is 34.4. The average molecular weight is 1080 g/mol. The van der Waals surface area contributed by atoms with E-state index in [2.05, 4.69) is 55.6 Å². The second-order valence-corrected chi connectivity index (χ2v) is 23.5. The molecule has 0 radical (unpaired) electrons. The highest BCUT2D eigenvalue weighted by Crippen LogP contribution is 2.18. The molecule has 0 heterocycles. The van der Waals surface area contributed by atoms with Crippen molar-refractivity contribution in [3.8, 4) is 0 Å². The molecule has 0 saturated carbocycles. The minimum atomic E-state index is -0.842. The third-order valence-corrected chi connectivity index (χ3v) is 15.8. The molecule has 3 N–H and O–H groups in total. The minimum Gasteiger partial charge on any atom is -0.466 e. The molecule has 2 atom stereocenters. The number of carbonyl (C=O) groups excluding carboxylic acids is 2. The normalized spacial score (nSPS) is 12.8. The van der Waals surface area contributed by atoms with Crippen LogP contribution in [0.25, 0.3) is 0 Å². The van der Waals surface area contributed by atoms with Crippen LogP contribution in [0.5, 0.6) is 0 Å². The highest BCUT2D eigenvalue weighted by Gasteiger charge is 2.18. The Labute approximate surface area is 480 Å². The van der Waals surface area contributed by atoms with E-state index in [1.54, 1.807) is 6.08 Å². The van der Waals surface area contributed by atoms with Gasteiger partial charge in [-0.05, 0) is 83.5 Å². The monoisotopic (exact) mass is 1080 g/mol. The number of hydrogen-bond acceptors (Lipinski definition) is 5. The van der Waals surface area contributed by atoms with E-state index in [1.807, 2.05) is 6.08 Å². The van der Waals surface area contributed by atoms with E-state index >= 15 is 0 Å². The number of esters is 1. The molecule has 0 aromatic heterocycles. The van der Waals surface area contributed by atoms with Gasteiger partial charge in [-0.3, -0.25) is 9.59 Å². The fourth-order valence-corrected chi connectivity index (χ4v) is 10.5. The second-order valence-electron chi connectivity index (χ2n) is 23.5. The Bertz CT molecular complexity index is 1290. The molecule has 2 unspecified atom stereocenters. The number of allylic oxidation sites excluding steroid dienone is 7. The van der Waals surface area contributed by atoms with Gasteiger partial charge in [-0.15, -0.1) is 0 Å². The number of ether oxygens (including phenoxy) is 1. The Balaban J connectivity index is 3.37. The van der Waals surface area contributed by atoms with Crippen molar-refractivity contribution >= 4 is 11.9 Å². The first-order valence-corrected chi connectivity index (χ1v) is 34.4. The van der Waals surface area contributed by atoms with Crippen LogP contribution in [-0.4, -0.2) is 47.4 Å². The molecule has 0 aromatic carbocycles. The minimum absolute atomic E-state index is 0.00315. The Hall–Kier alpha value is -2.18. The zero-order chi connectivity index (χ0) is 55.7. The van der Waals surface area contributed by atoms with Gasteiger partial charge in [0.2, 0.25) is 5.91 Å². The van der Waals surface area contributed by atoms with Gasteiger partial charge in [0, 0.05) is 12.8 Å². The van der Waals surface area contributed by atoms with Crippen LogP contribution >= 0.6 is 0 Å². The molecule has 0 fully saturated rings. The van der Waals surface area contributed by atoms with Crippen LogP contribution < -0.4 is 5.32 Å². The first kappa shape index (κ1) is 74.8. The van der Waals surface area contributed by atoms with Crippen LogP contribution in [-0.2, 0) is 14.3 Å². The fraction of sp³-hybridized carbons (Fsp3) is 0.859. The number of aliphatic hydroxyl groups is 2. The molecular formula is C71H133NO5. The van der Waals surface area contributed by atoms with Crippen LogP contribution in [0.2, 0.25) is 0 Å². The summed E-state index contributed by atoms with van der Waals surface area (Å²) in [5.41, 5.74) is 0. The molecule has 0 aliphatic heterocycles. The molecule has 0 aliphatic carbocycles. The van der Waals surface area contributed by atoms with Gasteiger partial charge in [0.15, 0.2) is 0 Å². The van der Waals surface area contributed by atoms with Gasteiger partial charge in [0.1, 0.15) is 0 Å². The van der Waals surface area contributed by atoms with Crippen molar-refractivity contribution < 1.29 is 24.5 Å². The molecule has 0 aromatic rings. The lowest BCUT2D eigenvalue weighted by Gasteiger charge is -2.20. The lowest BCUT2D eigenvalue weighted by molar-refractivity contribution is -0.143. The van der Waals surface area contributed by atoms with Crippen LogP contribution in [0.4, 0.5) is 0 Å². The van der Waals surface area contributed by atoms with Crippen LogP contribution in [0.3, 0.4) is 0 Å². The Morgan fingerprint density at radius 1 is 0.364 bits per heavy atom. The molecule has 1 amide bonds. The Morgan fingerprint density at radius 3 is 1.04 bits per heavy atom. The van der Waals surface area contributed by atoms with Crippen molar-refractivity contribution in [2.45, 2.75) is 379 Å². The molecule has 6 nitrogen and oxygen atoms in total. The summed E-state index contributed by atoms with van der Waals surface area (Å²) in [6, 6.07) is -0.626. The van der Waals surface area contributed by atoms with E-state index in [0.717, 1.165) is 51.4 Å². The number of unbranched alkanes of at least 4 members (excludes halogenated alkanes) is 47. The summed E-state index contributed by atoms with van der Waals surface area (Å²) < 4.78 is 5.48. The van der Waals surface area contributed by atoms with Gasteiger partial charge >= 0.3 is 5.97 Å². The summed E-state index contributed by atoms with van der Waals surface area (Å²) in [4.78, 5) is 24.5. The van der Waals surface area contributed by atoms with Crippen LogP contribution in [0.1, 0.15) is 367 Å². The number of rotatable bonds is 64. The lowest BCUT2D eigenvalue weighted by Crippen LogP contribution is -2.45. The molecule has 0 saturated heterocycles. The predicted molar refractivity (Wildman–Crippen MR) is 338 cm³/mol. The Kier molecular flexibility index (Phi) is 64.5. The quantitative estimate of drug-likeness (QED) is 0.0320. The second kappa shape index (κ2) is 66.3. The van der Waals surface area contributed by atoms with E-state index in [-0.39, 0.29) is 18.5 Å². The third-order valence-electron chi connectivity index (χ3n) is 15.8. The summed E-state index contributed by atoms with van der Waals surface area (Å²) in [5, 5.41) is 23.1. The SMILES string of the molecule is CCCC/C=C\C/C=C\CCCCCCCC(=O)OCCCCCCCCCCCCCC/C=C\CCCCCCCCCCCCCCCCCCC(=O)NC(CO)C(O)/C=C/CCCCCCCCCCCCCC. The predicted octanol–water partition coefficient (Wildman–Crippen LogP) is 22.1. The summed E-state index contributed by atoms with van der Waals surface area (Å²) in [6.45, 7) is 4.87. The lowest BCUT2D eigenvalue weighted by atomic mass is 10.0. The molecule has 0 bridgehead atoms. The smallest absolute Gasteiger partial charge is 0.305 e. The van der Waals surface area contributed by atoms with Gasteiger partial charge in [-0.1, -0.05) is 319 Å². The van der Waals surface area contributed by atoms with Crippen molar-refractivity contribution in [3.63, 3.8) is 0 Å². The topological polar surface area (TPSA) is 95.9 Å². The number of hydrogen-bond donors (Lipinski definition) is 3. The Morgan fingerprint density at radius 2 is 0.662 bits per heavy atom. The standard InChI is InChI=1S/C71H133NO5/c1-3-5-7-9-11-13-15-17-39-43-47-51-55-59-63-69(74)68(67-73)72-70(75)64-60-56-52-48-44-40-37-35-33-31-29-27-25-23-21-19-20-22-24-26-28-30-32-34-36-38-42-46-50-54-58-62-66-77-71(76)65-61-57-53-49-45-41-18-16-14-12-10-8-6-4-2/h10,12,16,18,22,24,59,63,68-69,73-74H,3-9,11,13-15,17,19-21,23,25-58,60-62,64-67H2,1-2H3,(H,72,75)/b12-10-,18-16-,24-22-,63-59+. The largest absolute Gasteiger partial charge is 0.466 e. The van der Waals surface area contributed by atoms with Crippen molar-refractivity contribution in [2.24, 2.45) is 0 Å². The highest BCUT2D eigenvalue weighted by molar-refractivity contribution is 5.76. The molecule has 0 spiro atoms. The molecular weight excluding hydrogens is 947 g/mol. The molecule has 452 valence electrons. The van der Waals surface area contributed by atoms with Crippen molar-refractivity contribution in [1.82, 2.24) is 5.32 Å². The summed E-state index contributed by atoms with van der Waals surface area (Å²) in [5.74, 6) is -0.0611. The number of amides is 1. The molecule has 6 heteroatoms. The molecule has 0 aliphatic rings. The van der Waals surface area contributed by atoms with E-state index in [4.69, 9.17) is 4.74 Å². The van der Waals surface area contributed by atoms with Crippen molar-refractivity contribution in [2.75, 3.05) is 13.2 Å². The maximum absolute atomic E-state index is 12.5. The van der Waals surface area contributed by atoms with E-state index in [1.165, 1.54) is 289 Å². The van der Waals surface area contributed by atoms with Gasteiger partial charge < -0.3 is 20.3 Å². The first-order chi connectivity index (χ1) is 38.0. The van der Waals surface area contributed by atoms with Gasteiger partial charge in [-0.2, -0.15) is 0 Å². The summed E-state index contributed by atoms with van der Waals surface area (Å²) in [7, 11) is 0. The van der Waals surface area contributed by atoms with E-state index < -0.39 is 12.1 Å². The van der Waals surface area contributed by atoms with Crippen LogP contribution in [0.15, 0.2) is 48.6 Å². The number of aliphatic hydroxyl groups excluding tert-OH is 2. The summed E-state index contributed by atoms with van der Waals surface area (Å²) in [6.07, 6.45) is 86.2. The van der Waals surface area contributed by atoms with Crippen molar-refractivity contribution in [3.05, 3.63) is 48.6 Å². The van der Waals surface area contributed by atoms with Gasteiger partial charge in [0.25, 0.3) is 0 Å². The summed E-state index contributed by atoms with van der Waals surface area (Å²) >= 11 is 0. The van der Waals surface area contributed by atoms with Gasteiger partial charge in [-0.25, -0.2) is 0 Å². The van der Waals surface area contributed by atoms with Crippen LogP contribution in [0, 0.1) is 0 Å². The number of nitrogens with one attached hydrogen (secondary N) is 1. The molecule has 0 rings (SSSR count). The molecule has 77 heavy (non-hydrogen) atoms. The fourth-order valence-electron chi connectivity index (χ4n) is 10.5. The zero-order valence-corrected chi connectivity index (χ0v) is 51.7. The number of carbonyl (C=O) groups is 2.